The van der Waals surface area contributed by atoms with Crippen molar-refractivity contribution < 1.29 is 14.3 Å². The van der Waals surface area contributed by atoms with Crippen LogP contribution in [-0.2, 0) is 11.2 Å². The fourth-order valence-corrected chi connectivity index (χ4v) is 1.24. The minimum Gasteiger partial charge on any atom is -0.481 e. The van der Waals surface area contributed by atoms with Crippen LogP contribution in [0.3, 0.4) is 0 Å². The van der Waals surface area contributed by atoms with Crippen LogP contribution in [0.1, 0.15) is 12.0 Å². The van der Waals surface area contributed by atoms with Crippen molar-refractivity contribution in [1.82, 2.24) is 0 Å². The number of benzene rings is 1. The van der Waals surface area contributed by atoms with E-state index in [1.165, 1.54) is 6.07 Å². The highest BCUT2D eigenvalue weighted by Gasteiger charge is 2.10. The molecule has 3 N–H and O–H groups in total. The molecule has 0 saturated carbocycles. The highest BCUT2D eigenvalue weighted by molar-refractivity contribution is 5.85. The number of aliphatic carboxylic acids is 1. The first kappa shape index (κ1) is 13.9. The van der Waals surface area contributed by atoms with E-state index in [1.54, 1.807) is 18.2 Å². The average molecular weight is 234 g/mol. The Morgan fingerprint density at radius 3 is 2.60 bits per heavy atom. The molecule has 0 spiro atoms. The Morgan fingerprint density at radius 1 is 1.47 bits per heavy atom. The van der Waals surface area contributed by atoms with Gasteiger partial charge in [0.05, 0.1) is 6.42 Å². The first-order valence-corrected chi connectivity index (χ1v) is 4.30. The lowest BCUT2D eigenvalue weighted by atomic mass is 10.0. The van der Waals surface area contributed by atoms with Gasteiger partial charge in [0.15, 0.2) is 0 Å². The molecule has 0 aliphatic rings. The molecule has 0 heterocycles. The summed E-state index contributed by atoms with van der Waals surface area (Å²) in [5.41, 5.74) is 5.99. The lowest BCUT2D eigenvalue weighted by Crippen LogP contribution is -2.26. The maximum absolute atomic E-state index is 13.1. The number of hydrogen-bond acceptors (Lipinski definition) is 2. The van der Waals surface area contributed by atoms with Crippen LogP contribution in [0.15, 0.2) is 24.3 Å². The van der Waals surface area contributed by atoms with E-state index < -0.39 is 12.0 Å². The van der Waals surface area contributed by atoms with Gasteiger partial charge in [-0.05, 0) is 18.1 Å². The van der Waals surface area contributed by atoms with Gasteiger partial charge in [0.25, 0.3) is 0 Å². The Hall–Kier alpha value is -1.13. The summed E-state index contributed by atoms with van der Waals surface area (Å²) in [6.45, 7) is 0. The quantitative estimate of drug-likeness (QED) is 0.830. The van der Waals surface area contributed by atoms with Crippen molar-refractivity contribution in [2.45, 2.75) is 18.9 Å². The zero-order chi connectivity index (χ0) is 10.6. The van der Waals surface area contributed by atoms with Gasteiger partial charge < -0.3 is 10.8 Å². The van der Waals surface area contributed by atoms with Crippen molar-refractivity contribution in [2.24, 2.45) is 5.73 Å². The van der Waals surface area contributed by atoms with Gasteiger partial charge in [-0.1, -0.05) is 18.2 Å². The Labute approximate surface area is 93.5 Å². The monoisotopic (exact) mass is 233 g/mol. The van der Waals surface area contributed by atoms with Crippen LogP contribution in [0, 0.1) is 5.82 Å². The molecule has 1 aromatic carbocycles. The molecule has 1 unspecified atom stereocenters. The fraction of sp³-hybridized carbons (Fsp3) is 0.300. The molecule has 84 valence electrons. The standard InChI is InChI=1S/C10H12FNO2.ClH/c11-9-4-2-1-3-7(9)5-8(12)6-10(13)14;/h1-4,8H,5-6,12H2,(H,13,14);1H. The molecule has 1 aromatic rings. The Bertz CT molecular complexity index is 333. The number of carbonyl (C=O) groups is 1. The third kappa shape index (κ3) is 4.76. The lowest BCUT2D eigenvalue weighted by Gasteiger charge is -2.09. The number of carboxylic acid groups (broad SMARTS) is 1. The van der Waals surface area contributed by atoms with Crippen molar-refractivity contribution in [3.05, 3.63) is 35.6 Å². The van der Waals surface area contributed by atoms with E-state index in [0.717, 1.165) is 0 Å². The molecule has 0 aliphatic heterocycles. The molecule has 0 radical (unpaired) electrons. The van der Waals surface area contributed by atoms with Crippen LogP contribution < -0.4 is 5.73 Å². The molecule has 15 heavy (non-hydrogen) atoms. The largest absolute Gasteiger partial charge is 0.481 e. The third-order valence-electron chi connectivity index (χ3n) is 1.88. The van der Waals surface area contributed by atoms with Gasteiger partial charge in [-0.15, -0.1) is 12.4 Å². The normalized spacial score (nSPS) is 11.6. The third-order valence-corrected chi connectivity index (χ3v) is 1.88. The van der Waals surface area contributed by atoms with Gasteiger partial charge in [0.2, 0.25) is 0 Å². The maximum atomic E-state index is 13.1. The molecule has 0 amide bonds. The van der Waals surface area contributed by atoms with Gasteiger partial charge in [-0.2, -0.15) is 0 Å². The molecule has 0 saturated heterocycles. The maximum Gasteiger partial charge on any atom is 0.304 e. The second-order valence-electron chi connectivity index (χ2n) is 3.15. The topological polar surface area (TPSA) is 63.3 Å². The van der Waals surface area contributed by atoms with E-state index in [9.17, 15) is 9.18 Å². The second-order valence-corrected chi connectivity index (χ2v) is 3.15. The predicted octanol–water partition coefficient (Wildman–Crippen LogP) is 1.59. The molecular weight excluding hydrogens is 221 g/mol. The van der Waals surface area contributed by atoms with Gasteiger partial charge >= 0.3 is 5.97 Å². The van der Waals surface area contributed by atoms with Crippen molar-refractivity contribution in [2.75, 3.05) is 0 Å². The molecule has 1 rings (SSSR count). The van der Waals surface area contributed by atoms with Gasteiger partial charge in [-0.25, -0.2) is 4.39 Å². The number of rotatable bonds is 4. The van der Waals surface area contributed by atoms with E-state index in [-0.39, 0.29) is 31.1 Å². The minimum absolute atomic E-state index is 0. The second kappa shape index (κ2) is 6.37. The molecule has 0 bridgehead atoms. The fourth-order valence-electron chi connectivity index (χ4n) is 1.24. The van der Waals surface area contributed by atoms with Crippen LogP contribution in [0.4, 0.5) is 4.39 Å². The summed E-state index contributed by atoms with van der Waals surface area (Å²) >= 11 is 0. The van der Waals surface area contributed by atoms with E-state index >= 15 is 0 Å². The first-order chi connectivity index (χ1) is 6.59. The van der Waals surface area contributed by atoms with Crippen LogP contribution >= 0.6 is 12.4 Å². The average Bonchev–Trinajstić information content (AvgIpc) is 2.07. The number of carboxylic acids is 1. The predicted molar refractivity (Wildman–Crippen MR) is 57.6 cm³/mol. The highest BCUT2D eigenvalue weighted by Crippen LogP contribution is 2.09. The van der Waals surface area contributed by atoms with Gasteiger partial charge in [0.1, 0.15) is 5.82 Å². The lowest BCUT2D eigenvalue weighted by molar-refractivity contribution is -0.137. The van der Waals surface area contributed by atoms with Crippen molar-refractivity contribution >= 4 is 18.4 Å². The van der Waals surface area contributed by atoms with E-state index in [0.29, 0.717) is 5.56 Å². The summed E-state index contributed by atoms with van der Waals surface area (Å²) in [6.07, 6.45) is 0.104. The van der Waals surface area contributed by atoms with E-state index in [4.69, 9.17) is 10.8 Å². The van der Waals surface area contributed by atoms with Gasteiger partial charge in [-0.3, -0.25) is 4.79 Å². The van der Waals surface area contributed by atoms with E-state index in [1.807, 2.05) is 0 Å². The van der Waals surface area contributed by atoms with Crippen molar-refractivity contribution in [1.29, 1.82) is 0 Å². The Balaban J connectivity index is 0.00000196. The number of hydrogen-bond donors (Lipinski definition) is 2. The zero-order valence-electron chi connectivity index (χ0n) is 8.02. The highest BCUT2D eigenvalue weighted by atomic mass is 35.5. The molecule has 1 atom stereocenters. The van der Waals surface area contributed by atoms with Gasteiger partial charge in [0, 0.05) is 6.04 Å². The number of halogens is 2. The molecule has 0 aromatic heterocycles. The van der Waals surface area contributed by atoms with Crippen LogP contribution in [0.2, 0.25) is 0 Å². The van der Waals surface area contributed by atoms with Crippen LogP contribution in [-0.4, -0.2) is 17.1 Å². The summed E-state index contributed by atoms with van der Waals surface area (Å²) in [6, 6.07) is 5.69. The summed E-state index contributed by atoms with van der Waals surface area (Å²) in [5.74, 6) is -1.30. The minimum atomic E-state index is -0.964. The van der Waals surface area contributed by atoms with E-state index in [2.05, 4.69) is 0 Å². The summed E-state index contributed by atoms with van der Waals surface area (Å²) in [4.78, 5) is 10.3. The Morgan fingerprint density at radius 2 is 2.07 bits per heavy atom. The SMILES string of the molecule is Cl.NC(CC(=O)O)Cc1ccccc1F. The van der Waals surface area contributed by atoms with Crippen LogP contribution in [0.25, 0.3) is 0 Å². The zero-order valence-corrected chi connectivity index (χ0v) is 8.84. The summed E-state index contributed by atoms with van der Waals surface area (Å²) in [7, 11) is 0. The molecule has 5 heteroatoms. The van der Waals surface area contributed by atoms with Crippen molar-refractivity contribution in [3.8, 4) is 0 Å². The molecule has 3 nitrogen and oxygen atoms in total. The summed E-state index contributed by atoms with van der Waals surface area (Å²) in [5, 5.41) is 8.46. The molecule has 0 aliphatic carbocycles. The smallest absolute Gasteiger partial charge is 0.304 e. The first-order valence-electron chi connectivity index (χ1n) is 4.30. The summed E-state index contributed by atoms with van der Waals surface area (Å²) < 4.78 is 13.1. The molecular formula is C10H13ClFNO2. The van der Waals surface area contributed by atoms with Crippen molar-refractivity contribution in [3.63, 3.8) is 0 Å². The molecule has 0 fully saturated rings. The van der Waals surface area contributed by atoms with Crippen LogP contribution in [0.5, 0.6) is 0 Å². The number of nitrogens with two attached hydrogens (primary N) is 1. The Kier molecular flexibility index (Phi) is 5.89.